The molecule has 1 heterocycles. The van der Waals surface area contributed by atoms with E-state index in [9.17, 15) is 9.18 Å². The van der Waals surface area contributed by atoms with Crippen molar-refractivity contribution in [2.24, 2.45) is 5.73 Å². The molecule has 2 rings (SSSR count). The third kappa shape index (κ3) is 2.88. The van der Waals surface area contributed by atoms with E-state index < -0.39 is 0 Å². The van der Waals surface area contributed by atoms with E-state index in [4.69, 9.17) is 5.73 Å². The molecular formula is C14H16FN3O. The van der Waals surface area contributed by atoms with Crippen molar-refractivity contribution in [3.8, 4) is 0 Å². The Hall–Kier alpha value is -2.01. The maximum absolute atomic E-state index is 13.9. The maximum Gasteiger partial charge on any atom is 0.348 e. The van der Waals surface area contributed by atoms with Gasteiger partial charge < -0.3 is 5.73 Å². The zero-order valence-electron chi connectivity index (χ0n) is 11.0. The lowest BCUT2D eigenvalue weighted by Crippen LogP contribution is -2.26. The highest BCUT2D eigenvalue weighted by Gasteiger charge is 2.08. The summed E-state index contributed by atoms with van der Waals surface area (Å²) in [7, 11) is 0. The fourth-order valence-corrected chi connectivity index (χ4v) is 1.98. The van der Waals surface area contributed by atoms with E-state index in [0.29, 0.717) is 17.8 Å². The summed E-state index contributed by atoms with van der Waals surface area (Å²) in [4.78, 5) is 15.7. The zero-order chi connectivity index (χ0) is 14.0. The van der Waals surface area contributed by atoms with Crippen molar-refractivity contribution in [2.45, 2.75) is 26.9 Å². The largest absolute Gasteiger partial charge is 0.348 e. The lowest BCUT2D eigenvalue weighted by atomic mass is 10.1. The summed E-state index contributed by atoms with van der Waals surface area (Å²) in [5.74, 6) is -0.352. The molecule has 0 amide bonds. The number of hydrogen-bond acceptors (Lipinski definition) is 3. The molecule has 0 bridgehead atoms. The van der Waals surface area contributed by atoms with Crippen molar-refractivity contribution in [3.63, 3.8) is 0 Å². The Labute approximate surface area is 110 Å². The minimum Gasteiger partial charge on any atom is -0.326 e. The molecule has 1 aromatic heterocycles. The van der Waals surface area contributed by atoms with Crippen LogP contribution in [-0.2, 0) is 13.1 Å². The van der Waals surface area contributed by atoms with E-state index in [2.05, 4.69) is 4.98 Å². The van der Waals surface area contributed by atoms with Gasteiger partial charge in [-0.25, -0.2) is 9.18 Å². The molecule has 100 valence electrons. The number of aryl methyl sites for hydroxylation is 2. The average Bonchev–Trinajstić information content (AvgIpc) is 2.35. The maximum atomic E-state index is 13.9. The van der Waals surface area contributed by atoms with Crippen LogP contribution < -0.4 is 11.4 Å². The van der Waals surface area contributed by atoms with Gasteiger partial charge in [0.25, 0.3) is 0 Å². The van der Waals surface area contributed by atoms with E-state index >= 15 is 0 Å². The van der Waals surface area contributed by atoms with Crippen molar-refractivity contribution in [1.82, 2.24) is 9.55 Å². The smallest absolute Gasteiger partial charge is 0.326 e. The molecule has 2 aromatic rings. The third-order valence-corrected chi connectivity index (χ3v) is 3.03. The number of nitrogens with two attached hydrogens (primary N) is 1. The Bertz CT molecular complexity index is 664. The average molecular weight is 261 g/mol. The highest BCUT2D eigenvalue weighted by Crippen LogP contribution is 2.12. The molecule has 0 unspecified atom stereocenters. The topological polar surface area (TPSA) is 60.9 Å². The Balaban J connectivity index is 2.39. The van der Waals surface area contributed by atoms with Gasteiger partial charge in [-0.1, -0.05) is 12.1 Å². The van der Waals surface area contributed by atoms with Crippen LogP contribution in [0, 0.1) is 19.7 Å². The van der Waals surface area contributed by atoms with Gasteiger partial charge in [0.15, 0.2) is 0 Å². The standard InChI is InChI=1S/C14H16FN3O/c1-9-5-10(2)18(14(19)17-9)8-12-4-3-11(7-16)6-13(12)15/h3-6H,7-8,16H2,1-2H3. The van der Waals surface area contributed by atoms with Crippen LogP contribution in [0.1, 0.15) is 22.5 Å². The van der Waals surface area contributed by atoms with Crippen molar-refractivity contribution in [1.29, 1.82) is 0 Å². The minimum absolute atomic E-state index is 0.175. The second-order valence-electron chi connectivity index (χ2n) is 4.54. The van der Waals surface area contributed by atoms with Crippen LogP contribution in [0.25, 0.3) is 0 Å². The van der Waals surface area contributed by atoms with Gasteiger partial charge in [-0.2, -0.15) is 4.98 Å². The number of rotatable bonds is 3. The number of halogens is 1. The lowest BCUT2D eigenvalue weighted by Gasteiger charge is -2.11. The summed E-state index contributed by atoms with van der Waals surface area (Å²) in [5.41, 5.74) is 7.70. The normalized spacial score (nSPS) is 10.7. The van der Waals surface area contributed by atoms with Gasteiger partial charge >= 0.3 is 5.69 Å². The predicted octanol–water partition coefficient (Wildman–Crippen LogP) is 1.51. The molecule has 0 aliphatic carbocycles. The molecule has 0 aliphatic heterocycles. The molecule has 1 aromatic carbocycles. The Kier molecular flexibility index (Phi) is 3.76. The number of nitrogens with zero attached hydrogens (tertiary/aromatic N) is 2. The predicted molar refractivity (Wildman–Crippen MR) is 71.4 cm³/mol. The van der Waals surface area contributed by atoms with Crippen molar-refractivity contribution >= 4 is 0 Å². The summed E-state index contributed by atoms with van der Waals surface area (Å²) in [5, 5.41) is 0. The van der Waals surface area contributed by atoms with E-state index in [0.717, 1.165) is 11.3 Å². The molecule has 5 heteroatoms. The van der Waals surface area contributed by atoms with Gasteiger partial charge in [-0.3, -0.25) is 4.57 Å². The summed E-state index contributed by atoms with van der Waals surface area (Å²) in [6, 6.07) is 6.62. The van der Waals surface area contributed by atoms with E-state index in [1.54, 1.807) is 25.1 Å². The molecule has 19 heavy (non-hydrogen) atoms. The highest BCUT2D eigenvalue weighted by molar-refractivity contribution is 5.25. The Morgan fingerprint density at radius 3 is 2.63 bits per heavy atom. The molecule has 0 atom stereocenters. The summed E-state index contributed by atoms with van der Waals surface area (Å²) in [6.45, 7) is 4.04. The molecule has 0 fully saturated rings. The molecular weight excluding hydrogens is 245 g/mol. The Morgan fingerprint density at radius 2 is 2.05 bits per heavy atom. The van der Waals surface area contributed by atoms with Crippen LogP contribution >= 0.6 is 0 Å². The molecule has 0 saturated carbocycles. The zero-order valence-corrected chi connectivity index (χ0v) is 11.0. The first kappa shape index (κ1) is 13.4. The number of hydrogen-bond donors (Lipinski definition) is 1. The van der Waals surface area contributed by atoms with Gasteiger partial charge in [-0.05, 0) is 31.5 Å². The van der Waals surface area contributed by atoms with Gasteiger partial charge in [0.2, 0.25) is 0 Å². The van der Waals surface area contributed by atoms with E-state index in [-0.39, 0.29) is 18.1 Å². The fourth-order valence-electron chi connectivity index (χ4n) is 1.98. The van der Waals surface area contributed by atoms with Crippen LogP contribution in [0.15, 0.2) is 29.1 Å². The lowest BCUT2D eigenvalue weighted by molar-refractivity contribution is 0.587. The van der Waals surface area contributed by atoms with Crippen LogP contribution in [0.4, 0.5) is 4.39 Å². The molecule has 0 spiro atoms. The molecule has 4 nitrogen and oxygen atoms in total. The Morgan fingerprint density at radius 1 is 1.32 bits per heavy atom. The monoisotopic (exact) mass is 261 g/mol. The number of benzene rings is 1. The van der Waals surface area contributed by atoms with Crippen molar-refractivity contribution in [3.05, 3.63) is 63.1 Å². The van der Waals surface area contributed by atoms with Crippen LogP contribution in [0.5, 0.6) is 0 Å². The summed E-state index contributed by atoms with van der Waals surface area (Å²) in [6.07, 6.45) is 0. The first-order chi connectivity index (χ1) is 9.01. The van der Waals surface area contributed by atoms with Crippen molar-refractivity contribution < 1.29 is 4.39 Å². The van der Waals surface area contributed by atoms with Gasteiger partial charge in [0, 0.05) is 23.5 Å². The third-order valence-electron chi connectivity index (χ3n) is 3.03. The van der Waals surface area contributed by atoms with Crippen LogP contribution in [-0.4, -0.2) is 9.55 Å². The van der Waals surface area contributed by atoms with Crippen molar-refractivity contribution in [2.75, 3.05) is 0 Å². The fraction of sp³-hybridized carbons (Fsp3) is 0.286. The molecule has 2 N–H and O–H groups in total. The quantitative estimate of drug-likeness (QED) is 0.911. The van der Waals surface area contributed by atoms with Crippen LogP contribution in [0.3, 0.4) is 0 Å². The summed E-state index contributed by atoms with van der Waals surface area (Å²) >= 11 is 0. The van der Waals surface area contributed by atoms with Gasteiger partial charge in [0.1, 0.15) is 5.82 Å². The first-order valence-corrected chi connectivity index (χ1v) is 6.03. The summed E-state index contributed by atoms with van der Waals surface area (Å²) < 4.78 is 15.3. The van der Waals surface area contributed by atoms with E-state index in [1.165, 1.54) is 10.6 Å². The molecule has 0 saturated heterocycles. The second kappa shape index (κ2) is 5.32. The number of aromatic nitrogens is 2. The van der Waals surface area contributed by atoms with Crippen LogP contribution in [0.2, 0.25) is 0 Å². The van der Waals surface area contributed by atoms with Gasteiger partial charge in [-0.15, -0.1) is 0 Å². The van der Waals surface area contributed by atoms with E-state index in [1.807, 2.05) is 6.92 Å². The first-order valence-electron chi connectivity index (χ1n) is 6.03. The highest BCUT2D eigenvalue weighted by atomic mass is 19.1. The van der Waals surface area contributed by atoms with Gasteiger partial charge in [0.05, 0.1) is 6.54 Å². The second-order valence-corrected chi connectivity index (χ2v) is 4.54. The SMILES string of the molecule is Cc1cc(C)n(Cc2ccc(CN)cc2F)c(=O)n1. The molecule has 0 radical (unpaired) electrons. The minimum atomic E-state index is -0.361. The molecule has 0 aliphatic rings.